The highest BCUT2D eigenvalue weighted by Gasteiger charge is 2.15. The first-order valence-corrected chi connectivity index (χ1v) is 9.22. The smallest absolute Gasteiger partial charge is 0.343 e. The number of nitrogens with one attached hydrogen (secondary N) is 2. The van der Waals surface area contributed by atoms with E-state index in [4.69, 9.17) is 4.74 Å². The van der Waals surface area contributed by atoms with E-state index in [0.29, 0.717) is 22.6 Å². The molecule has 0 bridgehead atoms. The largest absolute Gasteiger partial charge is 0.423 e. The van der Waals surface area contributed by atoms with Crippen LogP contribution >= 0.6 is 0 Å². The molecule has 0 aliphatic carbocycles. The molecule has 0 heterocycles. The van der Waals surface area contributed by atoms with Crippen LogP contribution in [0.25, 0.3) is 0 Å². The first kappa shape index (κ1) is 21.4. The number of carbonyl (C=O) groups excluding carboxylic acids is 3. The molecule has 0 spiro atoms. The van der Waals surface area contributed by atoms with Gasteiger partial charge in [-0.05, 0) is 61.0 Å². The summed E-state index contributed by atoms with van der Waals surface area (Å²) in [4.78, 5) is 35.8. The van der Waals surface area contributed by atoms with Gasteiger partial charge in [-0.15, -0.1) is 0 Å². The quantitative estimate of drug-likeness (QED) is 0.217. The average molecular weight is 419 g/mol. The number of rotatable bonds is 5. The summed E-state index contributed by atoms with van der Waals surface area (Å²) < 4.78 is 18.9. The van der Waals surface area contributed by atoms with Crippen LogP contribution in [-0.2, 0) is 9.59 Å². The summed E-state index contributed by atoms with van der Waals surface area (Å²) in [5, 5.41) is 6.04. The van der Waals surface area contributed by atoms with Crippen molar-refractivity contribution in [2.24, 2.45) is 5.10 Å². The Labute approximate surface area is 177 Å². The number of hydrogen-bond donors (Lipinski definition) is 2. The van der Waals surface area contributed by atoms with E-state index < -0.39 is 23.6 Å². The van der Waals surface area contributed by atoms with Gasteiger partial charge >= 0.3 is 17.8 Å². The monoisotopic (exact) mass is 419 g/mol. The number of esters is 1. The number of benzene rings is 3. The number of hydrazone groups is 1. The standard InChI is InChI=1S/C23H18FN3O4/c1-15(26-27-22(29)21(28)25-20-10-6-5-9-19(20)24)16-11-13-18(14-12-16)31-23(30)17-7-3-2-4-8-17/h2-14H,1H3,(H,25,28)(H,27,29)/b26-15+. The Bertz CT molecular complexity index is 1130. The SMILES string of the molecule is C/C(=N\NC(=O)C(=O)Nc1ccccc1F)c1ccc(OC(=O)c2ccccc2)cc1. The number of para-hydroxylation sites is 1. The van der Waals surface area contributed by atoms with Crippen LogP contribution in [0.1, 0.15) is 22.8 Å². The highest BCUT2D eigenvalue weighted by molar-refractivity contribution is 6.39. The molecule has 0 atom stereocenters. The van der Waals surface area contributed by atoms with E-state index in [0.717, 1.165) is 6.07 Å². The van der Waals surface area contributed by atoms with E-state index >= 15 is 0 Å². The number of anilines is 1. The molecule has 0 saturated heterocycles. The molecule has 2 amide bonds. The molecular weight excluding hydrogens is 401 g/mol. The van der Waals surface area contributed by atoms with Crippen molar-refractivity contribution in [2.45, 2.75) is 6.92 Å². The molecule has 0 aromatic heterocycles. The first-order chi connectivity index (χ1) is 14.9. The number of amides is 2. The van der Waals surface area contributed by atoms with Crippen molar-refractivity contribution in [2.75, 3.05) is 5.32 Å². The molecule has 0 aliphatic heterocycles. The molecule has 0 fully saturated rings. The van der Waals surface area contributed by atoms with E-state index in [1.54, 1.807) is 61.5 Å². The Morgan fingerprint density at radius 2 is 1.45 bits per heavy atom. The molecule has 2 N–H and O–H groups in total. The van der Waals surface area contributed by atoms with E-state index in [1.807, 2.05) is 0 Å². The number of nitrogens with zero attached hydrogens (tertiary/aromatic N) is 1. The first-order valence-electron chi connectivity index (χ1n) is 9.22. The molecule has 0 aliphatic rings. The average Bonchev–Trinajstić information content (AvgIpc) is 2.79. The second-order valence-electron chi connectivity index (χ2n) is 6.35. The molecule has 31 heavy (non-hydrogen) atoms. The third-order valence-corrected chi connectivity index (χ3v) is 4.15. The van der Waals surface area contributed by atoms with Crippen LogP contribution < -0.4 is 15.5 Å². The van der Waals surface area contributed by atoms with Crippen molar-refractivity contribution in [1.82, 2.24) is 5.43 Å². The Balaban J connectivity index is 1.57. The van der Waals surface area contributed by atoms with Crippen molar-refractivity contribution in [1.29, 1.82) is 0 Å². The minimum Gasteiger partial charge on any atom is -0.423 e. The Kier molecular flexibility index (Phi) is 6.85. The molecule has 3 aromatic carbocycles. The molecule has 3 rings (SSSR count). The third kappa shape index (κ3) is 5.83. The van der Waals surface area contributed by atoms with E-state index in [9.17, 15) is 18.8 Å². The summed E-state index contributed by atoms with van der Waals surface area (Å²) in [7, 11) is 0. The molecule has 3 aromatic rings. The fraction of sp³-hybridized carbons (Fsp3) is 0.0435. The van der Waals surface area contributed by atoms with Crippen molar-refractivity contribution < 1.29 is 23.5 Å². The van der Waals surface area contributed by atoms with E-state index in [1.165, 1.54) is 18.2 Å². The van der Waals surface area contributed by atoms with Crippen LogP contribution in [0.5, 0.6) is 5.75 Å². The molecule has 0 saturated carbocycles. The topological polar surface area (TPSA) is 96.9 Å². The Hall–Kier alpha value is -4.33. The molecular formula is C23H18FN3O4. The highest BCUT2D eigenvalue weighted by atomic mass is 19.1. The molecule has 156 valence electrons. The molecule has 7 nitrogen and oxygen atoms in total. The van der Waals surface area contributed by atoms with Gasteiger partial charge in [0.25, 0.3) is 0 Å². The predicted molar refractivity (Wildman–Crippen MR) is 113 cm³/mol. The minimum atomic E-state index is -1.05. The summed E-state index contributed by atoms with van der Waals surface area (Å²) in [6.45, 7) is 1.63. The van der Waals surface area contributed by atoms with Gasteiger partial charge in [0, 0.05) is 0 Å². The Morgan fingerprint density at radius 1 is 0.806 bits per heavy atom. The maximum absolute atomic E-state index is 13.6. The van der Waals surface area contributed by atoms with Gasteiger partial charge in [-0.2, -0.15) is 5.10 Å². The van der Waals surface area contributed by atoms with Crippen molar-refractivity contribution >= 4 is 29.2 Å². The zero-order valence-corrected chi connectivity index (χ0v) is 16.5. The predicted octanol–water partition coefficient (Wildman–Crippen LogP) is 3.52. The van der Waals surface area contributed by atoms with Crippen LogP contribution in [-0.4, -0.2) is 23.5 Å². The van der Waals surface area contributed by atoms with Gasteiger partial charge < -0.3 is 10.1 Å². The highest BCUT2D eigenvalue weighted by Crippen LogP contribution is 2.15. The number of hydrogen-bond acceptors (Lipinski definition) is 5. The molecule has 0 radical (unpaired) electrons. The van der Waals surface area contributed by atoms with Crippen LogP contribution in [0.15, 0.2) is 84.0 Å². The van der Waals surface area contributed by atoms with Crippen LogP contribution in [0, 0.1) is 5.82 Å². The summed E-state index contributed by atoms with van der Waals surface area (Å²) in [5.41, 5.74) is 3.49. The van der Waals surface area contributed by atoms with E-state index in [2.05, 4.69) is 15.8 Å². The maximum atomic E-state index is 13.6. The maximum Gasteiger partial charge on any atom is 0.343 e. The van der Waals surface area contributed by atoms with Crippen LogP contribution in [0.3, 0.4) is 0 Å². The fourth-order valence-corrected chi connectivity index (χ4v) is 2.50. The van der Waals surface area contributed by atoms with Gasteiger partial charge in [0.05, 0.1) is 17.0 Å². The van der Waals surface area contributed by atoms with Crippen molar-refractivity contribution in [3.63, 3.8) is 0 Å². The summed E-state index contributed by atoms with van der Waals surface area (Å²) in [5.74, 6) is -2.89. The van der Waals surface area contributed by atoms with Gasteiger partial charge in [0.1, 0.15) is 11.6 Å². The summed E-state index contributed by atoms with van der Waals surface area (Å²) >= 11 is 0. The van der Waals surface area contributed by atoms with E-state index in [-0.39, 0.29) is 5.69 Å². The number of halogens is 1. The zero-order valence-electron chi connectivity index (χ0n) is 16.5. The van der Waals surface area contributed by atoms with Crippen LogP contribution in [0.4, 0.5) is 10.1 Å². The second-order valence-corrected chi connectivity index (χ2v) is 6.35. The van der Waals surface area contributed by atoms with Gasteiger partial charge in [-0.25, -0.2) is 14.6 Å². The van der Waals surface area contributed by atoms with Gasteiger partial charge in [0.15, 0.2) is 0 Å². The number of ether oxygens (including phenoxy) is 1. The third-order valence-electron chi connectivity index (χ3n) is 4.15. The van der Waals surface area contributed by atoms with Crippen molar-refractivity contribution in [3.05, 3.63) is 95.8 Å². The normalized spacial score (nSPS) is 10.8. The molecule has 8 heteroatoms. The minimum absolute atomic E-state index is 0.107. The summed E-state index contributed by atoms with van der Waals surface area (Å²) in [6, 6.07) is 20.5. The van der Waals surface area contributed by atoms with Gasteiger partial charge in [-0.1, -0.05) is 30.3 Å². The Morgan fingerprint density at radius 3 is 2.13 bits per heavy atom. The van der Waals surface area contributed by atoms with Crippen molar-refractivity contribution in [3.8, 4) is 5.75 Å². The summed E-state index contributed by atoms with van der Waals surface area (Å²) in [6.07, 6.45) is 0. The number of carbonyl (C=O) groups is 3. The van der Waals surface area contributed by atoms with Gasteiger partial charge in [0.2, 0.25) is 0 Å². The second kappa shape index (κ2) is 9.93. The zero-order chi connectivity index (χ0) is 22.2. The lowest BCUT2D eigenvalue weighted by Gasteiger charge is -2.07. The van der Waals surface area contributed by atoms with Gasteiger partial charge in [-0.3, -0.25) is 9.59 Å². The lowest BCUT2D eigenvalue weighted by Crippen LogP contribution is -2.33. The van der Waals surface area contributed by atoms with Crippen LogP contribution in [0.2, 0.25) is 0 Å². The molecule has 0 unspecified atom stereocenters. The lowest BCUT2D eigenvalue weighted by atomic mass is 10.1. The lowest BCUT2D eigenvalue weighted by molar-refractivity contribution is -0.136. The fourth-order valence-electron chi connectivity index (χ4n) is 2.50.